The highest BCUT2D eigenvalue weighted by atomic mass is 16.2. The monoisotopic (exact) mass is 239 g/mol. The number of allylic oxidation sites excluding steroid dienone is 1. The van der Waals surface area contributed by atoms with Crippen molar-refractivity contribution in [2.45, 2.75) is 78.8 Å². The van der Waals surface area contributed by atoms with E-state index in [1.165, 1.54) is 19.3 Å². The lowest BCUT2D eigenvalue weighted by atomic mass is 10.1. The molecule has 0 radical (unpaired) electrons. The van der Waals surface area contributed by atoms with E-state index in [4.69, 9.17) is 0 Å². The van der Waals surface area contributed by atoms with Gasteiger partial charge in [-0.3, -0.25) is 4.79 Å². The summed E-state index contributed by atoms with van der Waals surface area (Å²) in [4.78, 5) is 13.9. The van der Waals surface area contributed by atoms with Gasteiger partial charge in [0.05, 0.1) is 0 Å². The van der Waals surface area contributed by atoms with Gasteiger partial charge in [-0.1, -0.05) is 31.9 Å². The molecule has 0 rings (SSSR count). The van der Waals surface area contributed by atoms with Crippen LogP contribution in [0.4, 0.5) is 0 Å². The Kier molecular flexibility index (Phi) is 8.83. The SMILES string of the molecule is CCCCC/C=C/CC(=O)N(C(C)C)C(C)C. The highest BCUT2D eigenvalue weighted by molar-refractivity contribution is 5.78. The Morgan fingerprint density at radius 2 is 1.65 bits per heavy atom. The van der Waals surface area contributed by atoms with Gasteiger partial charge in [-0.2, -0.15) is 0 Å². The minimum absolute atomic E-state index is 0.238. The molecular formula is C15H29NO. The standard InChI is InChI=1S/C15H29NO/c1-6-7-8-9-10-11-12-15(17)16(13(2)3)14(4)5/h10-11,13-14H,6-9,12H2,1-5H3/b11-10+. The van der Waals surface area contributed by atoms with E-state index in [1.54, 1.807) is 0 Å². The minimum Gasteiger partial charge on any atom is -0.338 e. The third-order valence-electron chi connectivity index (χ3n) is 2.83. The van der Waals surface area contributed by atoms with Crippen LogP contribution in [0.25, 0.3) is 0 Å². The van der Waals surface area contributed by atoms with Crippen LogP contribution < -0.4 is 0 Å². The number of hydrogen-bond donors (Lipinski definition) is 0. The molecule has 0 saturated carbocycles. The minimum atomic E-state index is 0.238. The zero-order valence-electron chi connectivity index (χ0n) is 12.2. The predicted octanol–water partition coefficient (Wildman–Crippen LogP) is 4.16. The van der Waals surface area contributed by atoms with Gasteiger partial charge in [0.2, 0.25) is 5.91 Å². The fourth-order valence-corrected chi connectivity index (χ4v) is 2.09. The maximum Gasteiger partial charge on any atom is 0.226 e. The summed E-state index contributed by atoms with van der Waals surface area (Å²) in [5.74, 6) is 0.238. The van der Waals surface area contributed by atoms with Gasteiger partial charge in [0.15, 0.2) is 0 Å². The average Bonchev–Trinajstić information content (AvgIpc) is 2.22. The van der Waals surface area contributed by atoms with E-state index in [1.807, 2.05) is 11.0 Å². The first kappa shape index (κ1) is 16.2. The van der Waals surface area contributed by atoms with Crippen LogP contribution in [0.1, 0.15) is 66.7 Å². The zero-order valence-corrected chi connectivity index (χ0v) is 12.2. The van der Waals surface area contributed by atoms with Crippen LogP contribution >= 0.6 is 0 Å². The Bertz CT molecular complexity index is 223. The maximum atomic E-state index is 12.0. The first-order valence-corrected chi connectivity index (χ1v) is 6.96. The number of hydrogen-bond acceptors (Lipinski definition) is 1. The van der Waals surface area contributed by atoms with Gasteiger partial charge in [-0.15, -0.1) is 0 Å². The predicted molar refractivity (Wildman–Crippen MR) is 75.0 cm³/mol. The van der Waals surface area contributed by atoms with Crippen LogP contribution in [0.3, 0.4) is 0 Å². The van der Waals surface area contributed by atoms with Gasteiger partial charge in [0.1, 0.15) is 0 Å². The molecule has 1 amide bonds. The lowest BCUT2D eigenvalue weighted by Gasteiger charge is -2.30. The molecule has 100 valence electrons. The summed E-state index contributed by atoms with van der Waals surface area (Å²) in [6, 6.07) is 0.576. The second-order valence-electron chi connectivity index (χ2n) is 5.16. The second kappa shape index (κ2) is 9.26. The molecule has 0 atom stereocenters. The van der Waals surface area contributed by atoms with E-state index in [9.17, 15) is 4.79 Å². The molecule has 0 spiro atoms. The molecule has 0 aliphatic heterocycles. The maximum absolute atomic E-state index is 12.0. The molecule has 17 heavy (non-hydrogen) atoms. The number of carbonyl (C=O) groups is 1. The molecule has 0 aromatic heterocycles. The summed E-state index contributed by atoms with van der Waals surface area (Å²) in [6.07, 6.45) is 9.58. The van der Waals surface area contributed by atoms with Crippen molar-refractivity contribution < 1.29 is 4.79 Å². The van der Waals surface area contributed by atoms with E-state index in [0.29, 0.717) is 6.42 Å². The smallest absolute Gasteiger partial charge is 0.226 e. The average molecular weight is 239 g/mol. The summed E-state index contributed by atoms with van der Waals surface area (Å²) in [5, 5.41) is 0. The van der Waals surface area contributed by atoms with E-state index < -0.39 is 0 Å². The Morgan fingerprint density at radius 3 is 2.12 bits per heavy atom. The van der Waals surface area contributed by atoms with Crippen molar-refractivity contribution in [2.75, 3.05) is 0 Å². The molecule has 0 bridgehead atoms. The fourth-order valence-electron chi connectivity index (χ4n) is 2.09. The van der Waals surface area contributed by atoms with Crippen LogP contribution in [0.2, 0.25) is 0 Å². The molecule has 0 N–H and O–H groups in total. The molecule has 0 unspecified atom stereocenters. The third kappa shape index (κ3) is 7.19. The van der Waals surface area contributed by atoms with Crippen LogP contribution in [0, 0.1) is 0 Å². The topological polar surface area (TPSA) is 20.3 Å². The normalized spacial score (nSPS) is 11.7. The van der Waals surface area contributed by atoms with Gasteiger partial charge < -0.3 is 4.90 Å². The largest absolute Gasteiger partial charge is 0.338 e. The molecule has 0 aromatic rings. The summed E-state index contributed by atoms with van der Waals surface area (Å²) in [7, 11) is 0. The van der Waals surface area contributed by atoms with Gasteiger partial charge >= 0.3 is 0 Å². The van der Waals surface area contributed by atoms with E-state index in [0.717, 1.165) is 6.42 Å². The van der Waals surface area contributed by atoms with E-state index in [2.05, 4.69) is 40.7 Å². The van der Waals surface area contributed by atoms with Crippen molar-refractivity contribution in [2.24, 2.45) is 0 Å². The van der Waals surface area contributed by atoms with Gasteiger partial charge in [-0.05, 0) is 40.5 Å². The first-order chi connectivity index (χ1) is 8.00. The molecule has 0 aliphatic rings. The van der Waals surface area contributed by atoms with Crippen molar-refractivity contribution in [3.63, 3.8) is 0 Å². The molecule has 0 saturated heterocycles. The Labute approximate surface area is 107 Å². The molecule has 0 aliphatic carbocycles. The van der Waals surface area contributed by atoms with Crippen molar-refractivity contribution in [1.29, 1.82) is 0 Å². The quantitative estimate of drug-likeness (QED) is 0.460. The van der Waals surface area contributed by atoms with Crippen molar-refractivity contribution in [1.82, 2.24) is 4.90 Å². The highest BCUT2D eigenvalue weighted by Gasteiger charge is 2.18. The van der Waals surface area contributed by atoms with Crippen molar-refractivity contribution >= 4 is 5.91 Å². The number of rotatable bonds is 8. The lowest BCUT2D eigenvalue weighted by molar-refractivity contribution is -0.133. The van der Waals surface area contributed by atoms with Crippen LogP contribution in [-0.4, -0.2) is 22.9 Å². The number of carbonyl (C=O) groups excluding carboxylic acids is 1. The van der Waals surface area contributed by atoms with Crippen molar-refractivity contribution in [3.8, 4) is 0 Å². The van der Waals surface area contributed by atoms with Gasteiger partial charge in [0, 0.05) is 18.5 Å². The second-order valence-corrected chi connectivity index (χ2v) is 5.16. The van der Waals surface area contributed by atoms with Gasteiger partial charge in [-0.25, -0.2) is 0 Å². The van der Waals surface area contributed by atoms with Crippen molar-refractivity contribution in [3.05, 3.63) is 12.2 Å². The first-order valence-electron chi connectivity index (χ1n) is 6.96. The molecule has 0 heterocycles. The Morgan fingerprint density at radius 1 is 1.06 bits per heavy atom. The number of amides is 1. The number of nitrogens with zero attached hydrogens (tertiary/aromatic N) is 1. The fraction of sp³-hybridized carbons (Fsp3) is 0.800. The summed E-state index contributed by atoms with van der Waals surface area (Å²) < 4.78 is 0. The van der Waals surface area contributed by atoms with E-state index in [-0.39, 0.29) is 18.0 Å². The lowest BCUT2D eigenvalue weighted by Crippen LogP contribution is -2.41. The Hall–Kier alpha value is -0.790. The molecular weight excluding hydrogens is 210 g/mol. The van der Waals surface area contributed by atoms with E-state index >= 15 is 0 Å². The van der Waals surface area contributed by atoms with Crippen LogP contribution in [-0.2, 0) is 4.79 Å². The zero-order chi connectivity index (χ0) is 13.3. The Balaban J connectivity index is 3.98. The number of unbranched alkanes of at least 4 members (excludes halogenated alkanes) is 3. The van der Waals surface area contributed by atoms with Gasteiger partial charge in [0.25, 0.3) is 0 Å². The molecule has 2 nitrogen and oxygen atoms in total. The molecule has 2 heteroatoms. The molecule has 0 aromatic carbocycles. The van der Waals surface area contributed by atoms with Crippen LogP contribution in [0.5, 0.6) is 0 Å². The highest BCUT2D eigenvalue weighted by Crippen LogP contribution is 2.08. The molecule has 0 fully saturated rings. The summed E-state index contributed by atoms with van der Waals surface area (Å²) in [5.41, 5.74) is 0. The summed E-state index contributed by atoms with van der Waals surface area (Å²) >= 11 is 0. The third-order valence-corrected chi connectivity index (χ3v) is 2.83. The summed E-state index contributed by atoms with van der Waals surface area (Å²) in [6.45, 7) is 10.5. The van der Waals surface area contributed by atoms with Crippen LogP contribution in [0.15, 0.2) is 12.2 Å².